The second-order valence-corrected chi connectivity index (χ2v) is 7.66. The van der Waals surface area contributed by atoms with Crippen LogP contribution in [-0.2, 0) is 9.59 Å². The van der Waals surface area contributed by atoms with Crippen molar-refractivity contribution in [3.63, 3.8) is 0 Å². The van der Waals surface area contributed by atoms with Crippen molar-refractivity contribution in [3.8, 4) is 5.75 Å². The minimum Gasteiger partial charge on any atom is -0.507 e. The van der Waals surface area contributed by atoms with Gasteiger partial charge in [-0.1, -0.05) is 15.9 Å². The van der Waals surface area contributed by atoms with E-state index in [2.05, 4.69) is 26.2 Å². The van der Waals surface area contributed by atoms with Gasteiger partial charge in [0, 0.05) is 21.6 Å². The van der Waals surface area contributed by atoms with Gasteiger partial charge in [-0.05, 0) is 36.0 Å². The van der Waals surface area contributed by atoms with Crippen LogP contribution in [0.4, 0.5) is 9.93 Å². The van der Waals surface area contributed by atoms with Crippen molar-refractivity contribution in [1.29, 1.82) is 0 Å². The Labute approximate surface area is 158 Å². The van der Waals surface area contributed by atoms with E-state index in [1.54, 1.807) is 17.5 Å². The van der Waals surface area contributed by atoms with Crippen molar-refractivity contribution >= 4 is 67.3 Å². The minimum atomic E-state index is -0.580. The van der Waals surface area contributed by atoms with E-state index >= 15 is 0 Å². The molecule has 0 unspecified atom stereocenters. The van der Waals surface area contributed by atoms with Gasteiger partial charge in [0.1, 0.15) is 12.3 Å². The zero-order valence-corrected chi connectivity index (χ0v) is 15.7. The third-order valence-electron chi connectivity index (χ3n) is 3.13. The fourth-order valence-corrected chi connectivity index (χ4v) is 3.76. The molecule has 0 aliphatic carbocycles. The molecule has 1 saturated heterocycles. The second kappa shape index (κ2) is 7.38. The predicted molar refractivity (Wildman–Crippen MR) is 99.2 cm³/mol. The van der Waals surface area contributed by atoms with Gasteiger partial charge in [0.25, 0.3) is 11.1 Å². The summed E-state index contributed by atoms with van der Waals surface area (Å²) in [7, 11) is 0. The molecule has 1 aliphatic rings. The molecule has 7 nitrogen and oxygen atoms in total. The van der Waals surface area contributed by atoms with E-state index in [0.717, 1.165) is 21.1 Å². The van der Waals surface area contributed by atoms with E-state index in [4.69, 9.17) is 0 Å². The SMILES string of the molecule is O=C(CN1C(=O)S/C(=C\c2cc(Br)ccc2O)C1=O)Nc1nccs1. The highest BCUT2D eigenvalue weighted by Crippen LogP contribution is 2.34. The number of phenols is 1. The fourth-order valence-electron chi connectivity index (χ4n) is 2.01. The maximum atomic E-state index is 12.4. The normalized spacial score (nSPS) is 15.9. The number of rotatable bonds is 4. The Bertz CT molecular complexity index is 883. The van der Waals surface area contributed by atoms with Gasteiger partial charge >= 0.3 is 0 Å². The van der Waals surface area contributed by atoms with E-state index in [-0.39, 0.29) is 10.7 Å². The van der Waals surface area contributed by atoms with Crippen LogP contribution in [-0.4, -0.2) is 38.6 Å². The van der Waals surface area contributed by atoms with E-state index in [0.29, 0.717) is 10.7 Å². The summed E-state index contributed by atoms with van der Waals surface area (Å²) in [5, 5.41) is 13.9. The molecule has 2 N–H and O–H groups in total. The largest absolute Gasteiger partial charge is 0.507 e. The number of aromatic hydroxyl groups is 1. The van der Waals surface area contributed by atoms with E-state index in [1.165, 1.54) is 29.7 Å². The van der Waals surface area contributed by atoms with E-state index in [1.807, 2.05) is 0 Å². The number of anilines is 1. The first-order chi connectivity index (χ1) is 11.9. The molecule has 25 heavy (non-hydrogen) atoms. The van der Waals surface area contributed by atoms with Crippen molar-refractivity contribution in [2.75, 3.05) is 11.9 Å². The molecule has 128 valence electrons. The standard InChI is InChI=1S/C15H10BrN3O4S2/c16-9-1-2-10(20)8(5-9)6-11-13(22)19(15(23)25-11)7-12(21)18-14-17-3-4-24-14/h1-6,20H,7H2,(H,17,18,21)/b11-6-. The Kier molecular flexibility index (Phi) is 5.21. The highest BCUT2D eigenvalue weighted by molar-refractivity contribution is 9.10. The molecule has 2 aromatic rings. The minimum absolute atomic E-state index is 0.0171. The Hall–Kier alpha value is -2.17. The van der Waals surface area contributed by atoms with Gasteiger partial charge in [-0.15, -0.1) is 11.3 Å². The maximum Gasteiger partial charge on any atom is 0.294 e. The first-order valence-electron chi connectivity index (χ1n) is 6.87. The molecule has 1 aliphatic heterocycles. The van der Waals surface area contributed by atoms with Gasteiger partial charge in [-0.2, -0.15) is 0 Å². The average molecular weight is 440 g/mol. The lowest BCUT2D eigenvalue weighted by Gasteiger charge is -2.11. The predicted octanol–water partition coefficient (Wildman–Crippen LogP) is 3.29. The molecule has 0 radical (unpaired) electrons. The summed E-state index contributed by atoms with van der Waals surface area (Å²) in [6.45, 7) is -0.397. The smallest absolute Gasteiger partial charge is 0.294 e. The number of phenolic OH excluding ortho intramolecular Hbond substituents is 1. The van der Waals surface area contributed by atoms with Gasteiger partial charge in [-0.3, -0.25) is 19.3 Å². The average Bonchev–Trinajstić information content (AvgIpc) is 3.15. The fraction of sp³-hybridized carbons (Fsp3) is 0.0667. The molecule has 0 spiro atoms. The highest BCUT2D eigenvalue weighted by Gasteiger charge is 2.36. The lowest BCUT2D eigenvalue weighted by atomic mass is 10.2. The van der Waals surface area contributed by atoms with Crippen molar-refractivity contribution in [3.05, 3.63) is 44.7 Å². The third-order valence-corrected chi connectivity index (χ3v) is 5.22. The molecule has 10 heteroatoms. The number of carbonyl (C=O) groups excluding carboxylic acids is 3. The molecule has 1 aromatic carbocycles. The van der Waals surface area contributed by atoms with Crippen LogP contribution in [0.2, 0.25) is 0 Å². The van der Waals surface area contributed by atoms with E-state index in [9.17, 15) is 19.5 Å². The summed E-state index contributed by atoms with van der Waals surface area (Å²) in [6, 6.07) is 4.75. The second-order valence-electron chi connectivity index (χ2n) is 4.86. The number of hydrogen-bond acceptors (Lipinski definition) is 7. The number of nitrogens with one attached hydrogen (secondary N) is 1. The summed E-state index contributed by atoms with van der Waals surface area (Å²) in [4.78, 5) is 41.3. The summed E-state index contributed by atoms with van der Waals surface area (Å²) in [5.74, 6) is -1.11. The molecular weight excluding hydrogens is 430 g/mol. The Morgan fingerprint density at radius 1 is 1.40 bits per heavy atom. The van der Waals surface area contributed by atoms with Gasteiger partial charge in [0.15, 0.2) is 5.13 Å². The maximum absolute atomic E-state index is 12.4. The number of thiazole rings is 1. The van der Waals surface area contributed by atoms with E-state index < -0.39 is 23.6 Å². The Morgan fingerprint density at radius 3 is 2.92 bits per heavy atom. The zero-order valence-electron chi connectivity index (χ0n) is 12.4. The van der Waals surface area contributed by atoms with Crippen LogP contribution in [0.1, 0.15) is 5.56 Å². The van der Waals surface area contributed by atoms with Crippen LogP contribution in [0, 0.1) is 0 Å². The summed E-state index contributed by atoms with van der Waals surface area (Å²) in [6.07, 6.45) is 2.96. The number of amides is 3. The lowest BCUT2D eigenvalue weighted by molar-refractivity contribution is -0.127. The first-order valence-corrected chi connectivity index (χ1v) is 9.36. The molecular formula is C15H10BrN3O4S2. The quantitative estimate of drug-likeness (QED) is 0.708. The van der Waals surface area contributed by atoms with Crippen LogP contribution in [0.5, 0.6) is 5.75 Å². The van der Waals surface area contributed by atoms with Gasteiger partial charge in [-0.25, -0.2) is 4.98 Å². The molecule has 0 saturated carbocycles. The van der Waals surface area contributed by atoms with Crippen molar-refractivity contribution in [1.82, 2.24) is 9.88 Å². The van der Waals surface area contributed by atoms with Gasteiger partial charge in [0.2, 0.25) is 5.91 Å². The molecule has 2 heterocycles. The highest BCUT2D eigenvalue weighted by atomic mass is 79.9. The number of nitrogens with zero attached hydrogens (tertiary/aromatic N) is 2. The summed E-state index contributed by atoms with van der Waals surface area (Å²) >= 11 is 5.23. The van der Waals surface area contributed by atoms with Crippen molar-refractivity contribution < 1.29 is 19.5 Å². The molecule has 3 amide bonds. The molecule has 1 aromatic heterocycles. The topological polar surface area (TPSA) is 99.6 Å². The Balaban J connectivity index is 1.74. The molecule has 1 fully saturated rings. The number of aromatic nitrogens is 1. The number of benzene rings is 1. The van der Waals surface area contributed by atoms with Crippen LogP contribution in [0.25, 0.3) is 6.08 Å². The first kappa shape index (κ1) is 17.6. The number of hydrogen-bond donors (Lipinski definition) is 2. The number of carbonyl (C=O) groups is 3. The molecule has 0 atom stereocenters. The van der Waals surface area contributed by atoms with Gasteiger partial charge < -0.3 is 10.4 Å². The number of imide groups is 1. The van der Waals surface area contributed by atoms with Crippen molar-refractivity contribution in [2.24, 2.45) is 0 Å². The lowest BCUT2D eigenvalue weighted by Crippen LogP contribution is -2.36. The van der Waals surface area contributed by atoms with Crippen LogP contribution in [0.3, 0.4) is 0 Å². The van der Waals surface area contributed by atoms with Crippen LogP contribution < -0.4 is 5.32 Å². The van der Waals surface area contributed by atoms with Crippen LogP contribution in [0.15, 0.2) is 39.2 Å². The monoisotopic (exact) mass is 439 g/mol. The van der Waals surface area contributed by atoms with Crippen molar-refractivity contribution in [2.45, 2.75) is 0 Å². The summed E-state index contributed by atoms with van der Waals surface area (Å²) < 4.78 is 0.721. The van der Waals surface area contributed by atoms with Crippen LogP contribution >= 0.6 is 39.0 Å². The Morgan fingerprint density at radius 2 is 2.20 bits per heavy atom. The summed E-state index contributed by atoms with van der Waals surface area (Å²) in [5.41, 5.74) is 0.395. The number of thioether (sulfide) groups is 1. The third kappa shape index (κ3) is 4.09. The molecule has 0 bridgehead atoms. The molecule has 3 rings (SSSR count). The number of halogens is 1. The van der Waals surface area contributed by atoms with Gasteiger partial charge in [0.05, 0.1) is 4.91 Å². The zero-order chi connectivity index (χ0) is 18.0.